The first-order chi connectivity index (χ1) is 9.60. The Kier molecular flexibility index (Phi) is 7.40. The first-order valence-electron chi connectivity index (χ1n) is 6.78. The van der Waals surface area contributed by atoms with Crippen molar-refractivity contribution in [1.82, 2.24) is 0 Å². The van der Waals surface area contributed by atoms with E-state index in [0.29, 0.717) is 11.4 Å². The van der Waals surface area contributed by atoms with Crippen LogP contribution in [0.1, 0.15) is 25.8 Å². The fraction of sp³-hybridized carbons (Fsp3) is 0.571. The van der Waals surface area contributed by atoms with Gasteiger partial charge in [-0.3, -0.25) is 10.1 Å². The van der Waals surface area contributed by atoms with Crippen LogP contribution < -0.4 is 5.32 Å². The summed E-state index contributed by atoms with van der Waals surface area (Å²) in [7, 11) is 0. The summed E-state index contributed by atoms with van der Waals surface area (Å²) in [5.74, 6) is 1.79. The van der Waals surface area contributed by atoms with E-state index in [0.717, 1.165) is 24.3 Å². The van der Waals surface area contributed by atoms with Crippen LogP contribution >= 0.6 is 11.8 Å². The van der Waals surface area contributed by atoms with E-state index in [2.05, 4.69) is 5.32 Å². The molecule has 1 unspecified atom stereocenters. The van der Waals surface area contributed by atoms with Crippen molar-refractivity contribution in [2.75, 3.05) is 24.2 Å². The minimum absolute atomic E-state index is 0.131. The number of hydrogen-bond donors (Lipinski definition) is 2. The van der Waals surface area contributed by atoms with Gasteiger partial charge in [0.2, 0.25) is 0 Å². The van der Waals surface area contributed by atoms with Crippen LogP contribution in [0, 0.1) is 16.0 Å². The number of anilines is 1. The lowest BCUT2D eigenvalue weighted by molar-refractivity contribution is -0.384. The van der Waals surface area contributed by atoms with Crippen LogP contribution in [0.25, 0.3) is 0 Å². The molecule has 2 N–H and O–H groups in total. The predicted octanol–water partition coefficient (Wildman–Crippen LogP) is 3.28. The Bertz CT molecular complexity index is 440. The summed E-state index contributed by atoms with van der Waals surface area (Å²) >= 11 is 1.68. The maximum Gasteiger partial charge on any atom is 0.292 e. The molecule has 5 nitrogen and oxygen atoms in total. The molecule has 1 aromatic rings. The smallest absolute Gasteiger partial charge is 0.292 e. The van der Waals surface area contributed by atoms with E-state index in [1.807, 2.05) is 19.9 Å². The molecular weight excluding hydrogens is 276 g/mol. The normalized spacial score (nSPS) is 12.2. The minimum Gasteiger partial charge on any atom is -0.396 e. The van der Waals surface area contributed by atoms with E-state index in [-0.39, 0.29) is 23.1 Å². The Morgan fingerprint density at radius 1 is 1.50 bits per heavy atom. The van der Waals surface area contributed by atoms with Gasteiger partial charge in [0.05, 0.1) is 4.92 Å². The zero-order chi connectivity index (χ0) is 15.0. The highest BCUT2D eigenvalue weighted by molar-refractivity contribution is 7.98. The van der Waals surface area contributed by atoms with Crippen LogP contribution in [0.15, 0.2) is 18.2 Å². The summed E-state index contributed by atoms with van der Waals surface area (Å²) in [6.45, 7) is 4.90. The van der Waals surface area contributed by atoms with E-state index >= 15 is 0 Å². The Balaban J connectivity index is 2.82. The van der Waals surface area contributed by atoms with Crippen molar-refractivity contribution in [3.05, 3.63) is 33.9 Å². The number of aliphatic hydroxyl groups excluding tert-OH is 1. The summed E-state index contributed by atoms with van der Waals surface area (Å²) < 4.78 is 0. The molecule has 20 heavy (non-hydrogen) atoms. The van der Waals surface area contributed by atoms with Crippen LogP contribution in [-0.2, 0) is 5.75 Å². The Labute approximate surface area is 123 Å². The number of nitro groups is 1. The summed E-state index contributed by atoms with van der Waals surface area (Å²) in [5.41, 5.74) is 1.71. The standard InChI is InChI=1S/C14H22N2O3S/c1-3-7-15-14-12(10-20-9-11(2)8-17)5-4-6-13(14)16(18)19/h4-6,11,15,17H,3,7-10H2,1-2H3. The zero-order valence-electron chi connectivity index (χ0n) is 12.0. The predicted molar refractivity (Wildman–Crippen MR) is 84.3 cm³/mol. The van der Waals surface area contributed by atoms with Crippen molar-refractivity contribution >= 4 is 23.1 Å². The van der Waals surface area contributed by atoms with E-state index in [4.69, 9.17) is 5.11 Å². The van der Waals surface area contributed by atoms with E-state index in [9.17, 15) is 10.1 Å². The fourth-order valence-electron chi connectivity index (χ4n) is 1.74. The van der Waals surface area contributed by atoms with Gasteiger partial charge in [-0.1, -0.05) is 26.0 Å². The Morgan fingerprint density at radius 2 is 2.25 bits per heavy atom. The van der Waals surface area contributed by atoms with Crippen molar-refractivity contribution < 1.29 is 10.0 Å². The van der Waals surface area contributed by atoms with Crippen LogP contribution in [0.3, 0.4) is 0 Å². The molecule has 0 amide bonds. The first kappa shape index (κ1) is 16.8. The van der Waals surface area contributed by atoms with Gasteiger partial charge in [-0.15, -0.1) is 0 Å². The highest BCUT2D eigenvalue weighted by Gasteiger charge is 2.16. The average Bonchev–Trinajstić information content (AvgIpc) is 2.45. The van der Waals surface area contributed by atoms with E-state index in [1.54, 1.807) is 17.8 Å². The monoisotopic (exact) mass is 298 g/mol. The molecule has 0 heterocycles. The van der Waals surface area contributed by atoms with E-state index < -0.39 is 0 Å². The van der Waals surface area contributed by atoms with Crippen molar-refractivity contribution in [3.8, 4) is 0 Å². The molecule has 0 bridgehead atoms. The van der Waals surface area contributed by atoms with Gasteiger partial charge in [0, 0.05) is 25.0 Å². The van der Waals surface area contributed by atoms with Crippen molar-refractivity contribution in [3.63, 3.8) is 0 Å². The Hall–Kier alpha value is -1.27. The molecule has 112 valence electrons. The molecule has 0 spiro atoms. The van der Waals surface area contributed by atoms with Crippen LogP contribution in [-0.4, -0.2) is 28.9 Å². The SMILES string of the molecule is CCCNc1c(CSCC(C)CO)cccc1[N+](=O)[O-]. The molecule has 0 aliphatic carbocycles. The third-order valence-corrected chi connectivity index (χ3v) is 4.17. The van der Waals surface area contributed by atoms with Crippen molar-refractivity contribution in [2.24, 2.45) is 5.92 Å². The van der Waals surface area contributed by atoms with Crippen LogP contribution in [0.5, 0.6) is 0 Å². The molecule has 0 saturated carbocycles. The maximum absolute atomic E-state index is 11.1. The molecule has 1 aromatic carbocycles. The number of hydrogen-bond acceptors (Lipinski definition) is 5. The van der Waals surface area contributed by atoms with Gasteiger partial charge in [-0.25, -0.2) is 0 Å². The summed E-state index contributed by atoms with van der Waals surface area (Å²) in [5, 5.41) is 23.3. The number of nitrogens with zero attached hydrogens (tertiary/aromatic N) is 1. The number of nitrogens with one attached hydrogen (secondary N) is 1. The van der Waals surface area contributed by atoms with Gasteiger partial charge in [0.25, 0.3) is 5.69 Å². The average molecular weight is 298 g/mol. The van der Waals surface area contributed by atoms with Gasteiger partial charge < -0.3 is 10.4 Å². The first-order valence-corrected chi connectivity index (χ1v) is 7.94. The fourth-order valence-corrected chi connectivity index (χ4v) is 2.82. The van der Waals surface area contributed by atoms with Gasteiger partial charge in [0.1, 0.15) is 5.69 Å². The highest BCUT2D eigenvalue weighted by Crippen LogP contribution is 2.31. The van der Waals surface area contributed by atoms with E-state index in [1.165, 1.54) is 6.07 Å². The summed E-state index contributed by atoms with van der Waals surface area (Å²) in [4.78, 5) is 10.7. The van der Waals surface area contributed by atoms with Crippen LogP contribution in [0.4, 0.5) is 11.4 Å². The van der Waals surface area contributed by atoms with Crippen LogP contribution in [0.2, 0.25) is 0 Å². The van der Waals surface area contributed by atoms with Gasteiger partial charge in [0.15, 0.2) is 0 Å². The topological polar surface area (TPSA) is 75.4 Å². The molecule has 0 saturated heterocycles. The van der Waals surface area contributed by atoms with Gasteiger partial charge in [-0.2, -0.15) is 11.8 Å². The second kappa shape index (κ2) is 8.81. The third kappa shape index (κ3) is 5.02. The molecule has 6 heteroatoms. The summed E-state index contributed by atoms with van der Waals surface area (Å²) in [6, 6.07) is 5.17. The molecule has 0 radical (unpaired) electrons. The minimum atomic E-state index is -0.345. The highest BCUT2D eigenvalue weighted by atomic mass is 32.2. The number of para-hydroxylation sites is 1. The molecule has 1 rings (SSSR count). The lowest BCUT2D eigenvalue weighted by Crippen LogP contribution is -2.07. The molecule has 0 aliphatic rings. The number of nitro benzene ring substituents is 1. The Morgan fingerprint density at radius 3 is 2.85 bits per heavy atom. The molecule has 0 aliphatic heterocycles. The largest absolute Gasteiger partial charge is 0.396 e. The van der Waals surface area contributed by atoms with Gasteiger partial charge in [-0.05, 0) is 23.7 Å². The zero-order valence-corrected chi connectivity index (χ0v) is 12.8. The van der Waals surface area contributed by atoms with Gasteiger partial charge >= 0.3 is 0 Å². The number of aliphatic hydroxyl groups is 1. The lowest BCUT2D eigenvalue weighted by atomic mass is 10.1. The quantitative estimate of drug-likeness (QED) is 0.540. The van der Waals surface area contributed by atoms with Crippen molar-refractivity contribution in [1.29, 1.82) is 0 Å². The molecule has 0 fully saturated rings. The number of benzene rings is 1. The second-order valence-corrected chi connectivity index (χ2v) is 5.83. The third-order valence-electron chi connectivity index (χ3n) is 2.85. The molecular formula is C14H22N2O3S. The lowest BCUT2D eigenvalue weighted by Gasteiger charge is -2.12. The molecule has 0 aromatic heterocycles. The maximum atomic E-state index is 11.1. The summed E-state index contributed by atoms with van der Waals surface area (Å²) in [6.07, 6.45) is 0.917. The second-order valence-electron chi connectivity index (χ2n) is 4.80. The number of thioether (sulfide) groups is 1. The number of rotatable bonds is 9. The van der Waals surface area contributed by atoms with Crippen molar-refractivity contribution in [2.45, 2.75) is 26.0 Å². The molecule has 1 atom stereocenters.